The van der Waals surface area contributed by atoms with Crippen LogP contribution in [0.3, 0.4) is 0 Å². The molecule has 1 aliphatic heterocycles. The highest BCUT2D eigenvalue weighted by molar-refractivity contribution is 5.50. The maximum atomic E-state index is 13.2. The molecule has 0 saturated carbocycles. The Balaban J connectivity index is 2.29. The molecule has 1 fully saturated rings. The lowest BCUT2D eigenvalue weighted by Crippen LogP contribution is -2.43. The Kier molecular flexibility index (Phi) is 2.89. The summed E-state index contributed by atoms with van der Waals surface area (Å²) < 4.78 is 13.2. The van der Waals surface area contributed by atoms with Crippen LogP contribution in [0.2, 0.25) is 0 Å². The monoisotopic (exact) mass is 223 g/mol. The van der Waals surface area contributed by atoms with Gasteiger partial charge in [0.15, 0.2) is 0 Å². The molecule has 2 rings (SSSR count). The molecule has 0 amide bonds. The van der Waals surface area contributed by atoms with E-state index in [0.29, 0.717) is 0 Å². The topological polar surface area (TPSA) is 23.5 Å². The lowest BCUT2D eigenvalue weighted by Gasteiger charge is -2.37. The van der Waals surface area contributed by atoms with Gasteiger partial charge in [0.1, 0.15) is 5.82 Å². The summed E-state index contributed by atoms with van der Waals surface area (Å²) in [6, 6.07) is 6.66. The lowest BCUT2D eigenvalue weighted by atomic mass is 9.89. The van der Waals surface area contributed by atoms with E-state index in [4.69, 9.17) is 0 Å². The van der Waals surface area contributed by atoms with Crippen molar-refractivity contribution in [2.24, 2.45) is 5.92 Å². The number of halogens is 1. The standard InChI is InChI=1S/C13H18FNO/c1-13(2)10(9-16)6-7-15(13)12-5-3-4-11(14)8-12/h3-5,8,10,16H,6-7,9H2,1-2H3. The Morgan fingerprint density at radius 3 is 2.81 bits per heavy atom. The first kappa shape index (κ1) is 11.4. The summed E-state index contributed by atoms with van der Waals surface area (Å²) in [4.78, 5) is 2.18. The highest BCUT2D eigenvalue weighted by Gasteiger charge is 2.40. The molecule has 0 radical (unpaired) electrons. The van der Waals surface area contributed by atoms with Crippen molar-refractivity contribution in [3.8, 4) is 0 Å². The summed E-state index contributed by atoms with van der Waals surface area (Å²) in [5.74, 6) is 0.0523. The molecule has 0 spiro atoms. The third-order valence-corrected chi connectivity index (χ3v) is 3.74. The van der Waals surface area contributed by atoms with Gasteiger partial charge in [-0.1, -0.05) is 6.07 Å². The van der Waals surface area contributed by atoms with Crippen molar-refractivity contribution in [2.75, 3.05) is 18.1 Å². The molecule has 2 nitrogen and oxygen atoms in total. The molecule has 1 saturated heterocycles. The van der Waals surface area contributed by atoms with E-state index < -0.39 is 0 Å². The second-order valence-corrected chi connectivity index (χ2v) is 4.95. The molecule has 88 valence electrons. The van der Waals surface area contributed by atoms with Crippen molar-refractivity contribution in [2.45, 2.75) is 25.8 Å². The van der Waals surface area contributed by atoms with Gasteiger partial charge in [0.05, 0.1) is 0 Å². The van der Waals surface area contributed by atoms with Crippen molar-refractivity contribution in [1.29, 1.82) is 0 Å². The van der Waals surface area contributed by atoms with Gasteiger partial charge < -0.3 is 10.0 Å². The Bertz CT molecular complexity index is 378. The molecule has 1 aromatic rings. The number of aliphatic hydroxyl groups excluding tert-OH is 1. The van der Waals surface area contributed by atoms with Crippen LogP contribution in [0.5, 0.6) is 0 Å². The van der Waals surface area contributed by atoms with E-state index >= 15 is 0 Å². The minimum absolute atomic E-state index is 0.109. The largest absolute Gasteiger partial charge is 0.396 e. The zero-order valence-corrected chi connectivity index (χ0v) is 9.78. The van der Waals surface area contributed by atoms with Crippen LogP contribution in [0.4, 0.5) is 10.1 Å². The molecular formula is C13H18FNO. The second kappa shape index (κ2) is 4.06. The number of hydrogen-bond donors (Lipinski definition) is 1. The summed E-state index contributed by atoms with van der Waals surface area (Å²) in [6.45, 7) is 5.28. The predicted octanol–water partition coefficient (Wildman–Crippen LogP) is 2.42. The smallest absolute Gasteiger partial charge is 0.125 e. The lowest BCUT2D eigenvalue weighted by molar-refractivity contribution is 0.189. The Morgan fingerprint density at radius 2 is 2.25 bits per heavy atom. The van der Waals surface area contributed by atoms with E-state index in [0.717, 1.165) is 18.7 Å². The number of nitrogens with zero attached hydrogens (tertiary/aromatic N) is 1. The third-order valence-electron chi connectivity index (χ3n) is 3.74. The Labute approximate surface area is 95.7 Å². The van der Waals surface area contributed by atoms with Crippen molar-refractivity contribution >= 4 is 5.69 Å². The maximum Gasteiger partial charge on any atom is 0.125 e. The van der Waals surface area contributed by atoms with Crippen molar-refractivity contribution in [1.82, 2.24) is 0 Å². The van der Waals surface area contributed by atoms with Crippen molar-refractivity contribution in [3.05, 3.63) is 30.1 Å². The van der Waals surface area contributed by atoms with E-state index in [1.165, 1.54) is 6.07 Å². The molecule has 0 aromatic heterocycles. The second-order valence-electron chi connectivity index (χ2n) is 4.95. The number of aliphatic hydroxyl groups is 1. The minimum Gasteiger partial charge on any atom is -0.396 e. The molecule has 1 aromatic carbocycles. The molecule has 0 aliphatic carbocycles. The number of rotatable bonds is 2. The van der Waals surface area contributed by atoms with Crippen LogP contribution in [0.25, 0.3) is 0 Å². The molecule has 1 atom stereocenters. The van der Waals surface area contributed by atoms with Gasteiger partial charge in [-0.2, -0.15) is 0 Å². The van der Waals surface area contributed by atoms with Crippen LogP contribution in [-0.2, 0) is 0 Å². The van der Waals surface area contributed by atoms with Crippen LogP contribution in [0.1, 0.15) is 20.3 Å². The average Bonchev–Trinajstić information content (AvgIpc) is 2.53. The SMILES string of the molecule is CC1(C)C(CO)CCN1c1cccc(F)c1. The quantitative estimate of drug-likeness (QED) is 0.832. The van der Waals surface area contributed by atoms with Gasteiger partial charge >= 0.3 is 0 Å². The van der Waals surface area contributed by atoms with Crippen LogP contribution >= 0.6 is 0 Å². The summed E-state index contributed by atoms with van der Waals surface area (Å²) in [7, 11) is 0. The number of anilines is 1. The summed E-state index contributed by atoms with van der Waals surface area (Å²) in [5.41, 5.74) is 0.795. The first-order valence-corrected chi connectivity index (χ1v) is 5.70. The zero-order valence-electron chi connectivity index (χ0n) is 9.78. The van der Waals surface area contributed by atoms with Gasteiger partial charge in [-0.15, -0.1) is 0 Å². The van der Waals surface area contributed by atoms with Crippen LogP contribution in [-0.4, -0.2) is 23.8 Å². The molecular weight excluding hydrogens is 205 g/mol. The fourth-order valence-corrected chi connectivity index (χ4v) is 2.57. The predicted molar refractivity (Wildman–Crippen MR) is 63.0 cm³/mol. The number of benzene rings is 1. The fraction of sp³-hybridized carbons (Fsp3) is 0.538. The van der Waals surface area contributed by atoms with Crippen molar-refractivity contribution < 1.29 is 9.50 Å². The number of hydrogen-bond acceptors (Lipinski definition) is 2. The minimum atomic E-state index is -0.208. The molecule has 1 N–H and O–H groups in total. The highest BCUT2D eigenvalue weighted by atomic mass is 19.1. The Hall–Kier alpha value is -1.09. The van der Waals surface area contributed by atoms with Crippen LogP contribution < -0.4 is 4.90 Å². The molecule has 16 heavy (non-hydrogen) atoms. The zero-order chi connectivity index (χ0) is 11.8. The van der Waals surface area contributed by atoms with Gasteiger partial charge in [-0.3, -0.25) is 0 Å². The first-order valence-electron chi connectivity index (χ1n) is 5.70. The van der Waals surface area contributed by atoms with Crippen LogP contribution in [0, 0.1) is 11.7 Å². The maximum absolute atomic E-state index is 13.2. The Morgan fingerprint density at radius 1 is 1.50 bits per heavy atom. The normalized spacial score (nSPS) is 23.8. The van der Waals surface area contributed by atoms with Crippen molar-refractivity contribution in [3.63, 3.8) is 0 Å². The van der Waals surface area contributed by atoms with E-state index in [1.54, 1.807) is 12.1 Å². The van der Waals surface area contributed by atoms with E-state index in [9.17, 15) is 9.50 Å². The van der Waals surface area contributed by atoms with E-state index in [-0.39, 0.29) is 23.9 Å². The molecule has 0 bridgehead atoms. The molecule has 3 heteroatoms. The molecule has 1 unspecified atom stereocenters. The third kappa shape index (κ3) is 1.80. The summed E-state index contributed by atoms with van der Waals surface area (Å²) >= 11 is 0. The molecule has 1 heterocycles. The van der Waals surface area contributed by atoms with Gasteiger partial charge in [0, 0.05) is 30.3 Å². The fourth-order valence-electron chi connectivity index (χ4n) is 2.57. The van der Waals surface area contributed by atoms with E-state index in [2.05, 4.69) is 18.7 Å². The van der Waals surface area contributed by atoms with Crippen LogP contribution in [0.15, 0.2) is 24.3 Å². The average molecular weight is 223 g/mol. The van der Waals surface area contributed by atoms with E-state index in [1.807, 2.05) is 6.07 Å². The molecule has 1 aliphatic rings. The summed E-state index contributed by atoms with van der Waals surface area (Å²) in [6.07, 6.45) is 0.958. The van der Waals surface area contributed by atoms with Gasteiger partial charge in [-0.25, -0.2) is 4.39 Å². The van der Waals surface area contributed by atoms with Gasteiger partial charge in [0.25, 0.3) is 0 Å². The van der Waals surface area contributed by atoms with Gasteiger partial charge in [-0.05, 0) is 38.5 Å². The van der Waals surface area contributed by atoms with Gasteiger partial charge in [0.2, 0.25) is 0 Å². The first-order chi connectivity index (χ1) is 7.55. The summed E-state index contributed by atoms with van der Waals surface area (Å²) in [5, 5.41) is 9.32. The highest BCUT2D eigenvalue weighted by Crippen LogP contribution is 2.37.